The molecule has 4 heteroatoms. The number of hydrogen-bond donors (Lipinski definition) is 2. The standard InChI is InChI=1S/C17H25FN2O/c1-2-3-4-5-6-7-10-19-16-12-15-13(11-14(16)18)8-9-17(21)20-15/h11-12,19H,2-10H2,1H3,(H,20,21). The van der Waals surface area contributed by atoms with Gasteiger partial charge >= 0.3 is 0 Å². The van der Waals surface area contributed by atoms with E-state index in [1.165, 1.54) is 32.1 Å². The van der Waals surface area contributed by atoms with Crippen LogP contribution < -0.4 is 10.6 Å². The zero-order valence-corrected chi connectivity index (χ0v) is 12.8. The van der Waals surface area contributed by atoms with Crippen molar-refractivity contribution in [3.8, 4) is 0 Å². The molecule has 1 heterocycles. The highest BCUT2D eigenvalue weighted by Gasteiger charge is 2.17. The summed E-state index contributed by atoms with van der Waals surface area (Å²) in [5.41, 5.74) is 2.12. The summed E-state index contributed by atoms with van der Waals surface area (Å²) < 4.78 is 14.0. The molecule has 0 aromatic heterocycles. The van der Waals surface area contributed by atoms with Crippen LogP contribution in [0.25, 0.3) is 0 Å². The average molecular weight is 292 g/mol. The minimum Gasteiger partial charge on any atom is -0.383 e. The second kappa shape index (κ2) is 8.01. The van der Waals surface area contributed by atoms with Gasteiger partial charge in [0.15, 0.2) is 0 Å². The molecular formula is C17H25FN2O. The maximum absolute atomic E-state index is 14.0. The first-order chi connectivity index (χ1) is 10.2. The van der Waals surface area contributed by atoms with Crippen molar-refractivity contribution in [1.29, 1.82) is 0 Å². The molecule has 116 valence electrons. The summed E-state index contributed by atoms with van der Waals surface area (Å²) in [5, 5.41) is 5.95. The van der Waals surface area contributed by atoms with Crippen LogP contribution in [-0.2, 0) is 11.2 Å². The molecule has 3 nitrogen and oxygen atoms in total. The molecule has 0 unspecified atom stereocenters. The summed E-state index contributed by atoms with van der Waals surface area (Å²) in [6.45, 7) is 2.98. The van der Waals surface area contributed by atoms with Crippen LogP contribution in [-0.4, -0.2) is 12.5 Å². The largest absolute Gasteiger partial charge is 0.383 e. The molecule has 0 saturated carbocycles. The fraction of sp³-hybridized carbons (Fsp3) is 0.588. The molecule has 0 aliphatic carbocycles. The van der Waals surface area contributed by atoms with Crippen molar-refractivity contribution in [2.75, 3.05) is 17.2 Å². The smallest absolute Gasteiger partial charge is 0.224 e. The minimum absolute atomic E-state index is 0.0102. The van der Waals surface area contributed by atoms with Crippen LogP contribution >= 0.6 is 0 Å². The predicted molar refractivity (Wildman–Crippen MR) is 85.2 cm³/mol. The van der Waals surface area contributed by atoms with Gasteiger partial charge in [-0.3, -0.25) is 4.79 Å². The highest BCUT2D eigenvalue weighted by atomic mass is 19.1. The van der Waals surface area contributed by atoms with E-state index in [9.17, 15) is 9.18 Å². The number of hydrogen-bond acceptors (Lipinski definition) is 2. The topological polar surface area (TPSA) is 41.1 Å². The van der Waals surface area contributed by atoms with Gasteiger partial charge in [-0.1, -0.05) is 39.0 Å². The van der Waals surface area contributed by atoms with Crippen LogP contribution in [0.3, 0.4) is 0 Å². The Labute approximate surface area is 126 Å². The van der Waals surface area contributed by atoms with E-state index in [-0.39, 0.29) is 11.7 Å². The first-order valence-electron chi connectivity index (χ1n) is 8.07. The monoisotopic (exact) mass is 292 g/mol. The Hall–Kier alpha value is -1.58. The fourth-order valence-electron chi connectivity index (χ4n) is 2.66. The first kappa shape index (κ1) is 15.8. The van der Waals surface area contributed by atoms with Gasteiger partial charge < -0.3 is 10.6 Å². The molecular weight excluding hydrogens is 267 g/mol. The summed E-state index contributed by atoms with van der Waals surface area (Å²) in [5.74, 6) is -0.216. The maximum Gasteiger partial charge on any atom is 0.224 e. The van der Waals surface area contributed by atoms with Crippen LogP contribution in [0.2, 0.25) is 0 Å². The number of amides is 1. The number of benzene rings is 1. The fourth-order valence-corrected chi connectivity index (χ4v) is 2.66. The summed E-state index contributed by atoms with van der Waals surface area (Å²) in [7, 11) is 0. The van der Waals surface area contributed by atoms with Gasteiger partial charge in [0.05, 0.1) is 5.69 Å². The molecule has 21 heavy (non-hydrogen) atoms. The van der Waals surface area contributed by atoms with E-state index in [1.54, 1.807) is 12.1 Å². The minimum atomic E-state index is -0.226. The molecule has 0 fully saturated rings. The Balaban J connectivity index is 1.80. The zero-order chi connectivity index (χ0) is 15.1. The third-order valence-corrected chi connectivity index (χ3v) is 3.93. The third-order valence-electron chi connectivity index (χ3n) is 3.93. The Morgan fingerprint density at radius 2 is 1.90 bits per heavy atom. The number of fused-ring (bicyclic) bond motifs is 1. The molecule has 1 aromatic rings. The second-order valence-electron chi connectivity index (χ2n) is 5.73. The summed E-state index contributed by atoms with van der Waals surface area (Å²) >= 11 is 0. The number of rotatable bonds is 8. The lowest BCUT2D eigenvalue weighted by Crippen LogP contribution is -2.19. The van der Waals surface area contributed by atoms with Crippen molar-refractivity contribution in [1.82, 2.24) is 0 Å². The number of nitrogens with one attached hydrogen (secondary N) is 2. The lowest BCUT2D eigenvalue weighted by atomic mass is 10.0. The lowest BCUT2D eigenvalue weighted by molar-refractivity contribution is -0.116. The quantitative estimate of drug-likeness (QED) is 0.693. The van der Waals surface area contributed by atoms with Crippen LogP contribution in [0.15, 0.2) is 12.1 Å². The van der Waals surface area contributed by atoms with E-state index >= 15 is 0 Å². The number of halogens is 1. The van der Waals surface area contributed by atoms with Crippen molar-refractivity contribution in [2.24, 2.45) is 0 Å². The third kappa shape index (κ3) is 4.73. The van der Waals surface area contributed by atoms with Gasteiger partial charge in [-0.25, -0.2) is 4.39 Å². The number of carbonyl (C=O) groups excluding carboxylic acids is 1. The van der Waals surface area contributed by atoms with Crippen molar-refractivity contribution in [3.05, 3.63) is 23.5 Å². The SMILES string of the molecule is CCCCCCCCNc1cc2c(cc1F)CCC(=O)N2. The van der Waals surface area contributed by atoms with Crippen molar-refractivity contribution < 1.29 is 9.18 Å². The molecule has 0 saturated heterocycles. The van der Waals surface area contributed by atoms with Crippen LogP contribution in [0.4, 0.5) is 15.8 Å². The van der Waals surface area contributed by atoms with Gasteiger partial charge in [0.1, 0.15) is 5.82 Å². The van der Waals surface area contributed by atoms with E-state index in [0.717, 1.165) is 24.2 Å². The molecule has 1 aliphatic rings. The highest BCUT2D eigenvalue weighted by Crippen LogP contribution is 2.28. The van der Waals surface area contributed by atoms with Crippen molar-refractivity contribution in [2.45, 2.75) is 58.3 Å². The van der Waals surface area contributed by atoms with E-state index in [4.69, 9.17) is 0 Å². The Morgan fingerprint density at radius 3 is 2.71 bits per heavy atom. The summed E-state index contributed by atoms with van der Waals surface area (Å²) in [4.78, 5) is 11.4. The molecule has 2 rings (SSSR count). The zero-order valence-electron chi connectivity index (χ0n) is 12.8. The molecule has 0 atom stereocenters. The number of unbranched alkanes of at least 4 members (excludes halogenated alkanes) is 5. The second-order valence-corrected chi connectivity index (χ2v) is 5.73. The normalized spacial score (nSPS) is 13.7. The number of aryl methyl sites for hydroxylation is 1. The first-order valence-corrected chi connectivity index (χ1v) is 8.07. The van der Waals surface area contributed by atoms with Crippen molar-refractivity contribution >= 4 is 17.3 Å². The lowest BCUT2D eigenvalue weighted by Gasteiger charge is -2.18. The number of carbonyl (C=O) groups is 1. The van der Waals surface area contributed by atoms with Gasteiger partial charge in [-0.05, 0) is 30.5 Å². The van der Waals surface area contributed by atoms with Crippen LogP contribution in [0, 0.1) is 5.82 Å². The Morgan fingerprint density at radius 1 is 1.14 bits per heavy atom. The Bertz CT molecular complexity index is 488. The van der Waals surface area contributed by atoms with Crippen LogP contribution in [0.5, 0.6) is 0 Å². The van der Waals surface area contributed by atoms with Gasteiger partial charge in [0, 0.05) is 18.7 Å². The summed E-state index contributed by atoms with van der Waals surface area (Å²) in [6, 6.07) is 3.26. The molecule has 0 spiro atoms. The number of anilines is 2. The maximum atomic E-state index is 14.0. The van der Waals surface area contributed by atoms with Gasteiger partial charge in [-0.15, -0.1) is 0 Å². The molecule has 2 N–H and O–H groups in total. The van der Waals surface area contributed by atoms with Gasteiger partial charge in [0.2, 0.25) is 5.91 Å². The van der Waals surface area contributed by atoms with Crippen molar-refractivity contribution in [3.63, 3.8) is 0 Å². The van der Waals surface area contributed by atoms with E-state index in [2.05, 4.69) is 17.6 Å². The predicted octanol–water partition coefficient (Wildman–Crippen LogP) is 4.48. The molecule has 0 radical (unpaired) electrons. The van der Waals surface area contributed by atoms with Gasteiger partial charge in [-0.2, -0.15) is 0 Å². The van der Waals surface area contributed by atoms with E-state index in [0.29, 0.717) is 18.5 Å². The molecule has 1 aromatic carbocycles. The average Bonchev–Trinajstić information content (AvgIpc) is 2.47. The van der Waals surface area contributed by atoms with E-state index < -0.39 is 0 Å². The van der Waals surface area contributed by atoms with E-state index in [1.807, 2.05) is 0 Å². The highest BCUT2D eigenvalue weighted by molar-refractivity contribution is 5.94. The van der Waals surface area contributed by atoms with Crippen LogP contribution in [0.1, 0.15) is 57.4 Å². The summed E-state index contributed by atoms with van der Waals surface area (Å²) in [6.07, 6.45) is 8.38. The Kier molecular flexibility index (Phi) is 6.03. The molecule has 0 bridgehead atoms. The molecule has 1 aliphatic heterocycles. The molecule has 1 amide bonds. The van der Waals surface area contributed by atoms with Gasteiger partial charge in [0.25, 0.3) is 0 Å².